The molecule has 3 aliphatic heterocycles. The van der Waals surface area contributed by atoms with Gasteiger partial charge in [-0.15, -0.1) is 0 Å². The molecule has 3 fully saturated rings. The van der Waals surface area contributed by atoms with Crippen LogP contribution >= 0.6 is 11.8 Å². The smallest absolute Gasteiger partial charge is 0.408 e. The van der Waals surface area contributed by atoms with Gasteiger partial charge in [0.1, 0.15) is 71.3 Å². The number of halogens is 6. The van der Waals surface area contributed by atoms with E-state index in [1.807, 2.05) is 153 Å². The number of nitrogens with two attached hydrogens (primary N) is 3. The summed E-state index contributed by atoms with van der Waals surface area (Å²) in [5, 5.41) is 39.1. The standard InChI is InChI=1S/C41H56F2N4O6S.C34H49F2N3O8S2.C34H49F2N3O6S2/c1-4-11-36(12-5-2)54(51,52)28-38(45-41(50)53-35-17-18-46(26-35)24-30-13-8-7-9-14-30)40(49)47(25-31-16-10-15-29(6-3)19-31)27-39(48)37(44)22-32-20-33(42)23-34(43)21-32;1-4-8-29(9-5-2)49(45,46)22-31(38-34(42)47-28-12-13-48(43,44)21-28)33(41)39(19-24-11-7-10-23(6-3)14-24)20-32(40)30(37)17-25-15-26(35)18-27(36)16-25;1-4-8-29(9-5-2)47(43,44)22-31(38-34(42)45-28-12-13-46-21-28)33(41)39(19-24-11-7-10-23(6-3)14-24)20-32(40)30(37)17-25-15-26(35)18-27(36)16-25/h7-10,13-16,19-21,23,35-39,48H,4-6,11-12,17-18,22,24-28,44H2,1-3H3,(H,45,50);7,10-11,14-16,18,28-32,40H,4-6,8-9,12-13,17,19-22,37H2,1-3H3,(H,38,42);7,10-11,14-16,18,28-32,40H,4-6,8-9,12-13,17,19-22,37H2,1-3H3,(H,38,42)/t35-,37+,38?,39-;2*28?,30-,31?,32+/m100/s1. The average Bonchev–Trinajstić information content (AvgIpc) is 1.10. The highest BCUT2D eigenvalue weighted by Gasteiger charge is 2.43. The molecule has 3 heterocycles. The zero-order chi connectivity index (χ0) is 110. The molecule has 0 spiro atoms. The number of sulfone groups is 4. The number of rotatable bonds is 56. The number of ether oxygens (including phenoxy) is 3. The summed E-state index contributed by atoms with van der Waals surface area (Å²) >= 11 is 1.64. The molecule has 6 amide bonds. The van der Waals surface area contributed by atoms with E-state index in [1.165, 1.54) is 14.7 Å². The number of likely N-dealkylation sites (tertiary alicyclic amines) is 1. The molecule has 7 aromatic carbocycles. The minimum Gasteiger partial charge on any atom is -0.445 e. The van der Waals surface area contributed by atoms with E-state index >= 15 is 0 Å². The molecule has 30 nitrogen and oxygen atoms in total. The molecule has 150 heavy (non-hydrogen) atoms. The van der Waals surface area contributed by atoms with Crippen molar-refractivity contribution in [2.75, 3.05) is 73.0 Å². The summed E-state index contributed by atoms with van der Waals surface area (Å²) in [5.74, 6) is -8.21. The lowest BCUT2D eigenvalue weighted by Crippen LogP contribution is -2.55. The summed E-state index contributed by atoms with van der Waals surface area (Å²) in [6.07, 6.45) is 0.329. The summed E-state index contributed by atoms with van der Waals surface area (Å²) in [5.41, 5.74) is 25.7. The third-order valence-corrected chi connectivity index (χ3v) is 36.4. The number of thioether (sulfide) groups is 1. The number of hydrogen-bond acceptors (Lipinski definition) is 25. The number of aryl methyl sites for hydroxylation is 3. The maximum atomic E-state index is 14.6. The molecule has 0 saturated carbocycles. The zero-order valence-corrected chi connectivity index (χ0v) is 91.5. The van der Waals surface area contributed by atoms with Gasteiger partial charge in [0.25, 0.3) is 0 Å². The van der Waals surface area contributed by atoms with Crippen LogP contribution in [0.25, 0.3) is 0 Å². The van der Waals surface area contributed by atoms with Gasteiger partial charge < -0.3 is 77.4 Å². The number of nitrogens with one attached hydrogen (secondary N) is 3. The maximum absolute atomic E-state index is 14.6. The van der Waals surface area contributed by atoms with E-state index in [0.717, 1.165) is 101 Å². The Bertz CT molecular complexity index is 5880. The first-order chi connectivity index (χ1) is 71.2. The monoisotopic (exact) mass is 2200 g/mol. The first-order valence-electron chi connectivity index (χ1n) is 52.1. The third-order valence-electron chi connectivity index (χ3n) is 26.7. The highest BCUT2D eigenvalue weighted by molar-refractivity contribution is 7.99. The average molecular weight is 2200 g/mol. The molecule has 12 atom stereocenters. The lowest BCUT2D eigenvalue weighted by atomic mass is 10.0. The molecule has 3 saturated heterocycles. The number of alkyl carbamates (subject to hydrolysis) is 3. The fraction of sp³-hybridized carbons (Fsp3) is 0.560. The molecular weight excluding hydrogens is 2040 g/mol. The van der Waals surface area contributed by atoms with Crippen molar-refractivity contribution in [2.45, 2.75) is 312 Å². The van der Waals surface area contributed by atoms with Crippen molar-refractivity contribution in [3.8, 4) is 0 Å². The molecule has 12 N–H and O–H groups in total. The number of carbonyl (C=O) groups excluding carboxylic acids is 6. The van der Waals surface area contributed by atoms with Gasteiger partial charge in [-0.05, 0) is 194 Å². The van der Waals surface area contributed by atoms with Crippen LogP contribution in [0.5, 0.6) is 0 Å². The SMILES string of the molecule is CCCC(CCC)S(=O)(=O)CC(NC(=O)OC1CCS(=O)(=O)C1)C(=O)N(Cc1cccc(CC)c1)C[C@@H](O)[C@@H](N)Cc1cc(F)cc(F)c1.CCCC(CCC)S(=O)(=O)CC(NC(=O)OC1CCSC1)C(=O)N(Cc1cccc(CC)c1)C[C@@H](O)[C@@H](N)Cc1cc(F)cc(F)c1.CCCC(CCC)S(=O)(=O)CC(NC(=O)O[C@@H]1CCN(Cc2ccccc2)C1)C(=O)N(Cc1cccc(CC)c1)C[C@@H](O)[C@@H](N)Cc1cc(F)cc(F)c1. The molecule has 7 aromatic rings. The number of aliphatic hydroxyl groups is 3. The summed E-state index contributed by atoms with van der Waals surface area (Å²) < 4.78 is 206. The van der Waals surface area contributed by atoms with Gasteiger partial charge in [0.15, 0.2) is 39.3 Å². The van der Waals surface area contributed by atoms with Gasteiger partial charge in [0, 0.05) is 101 Å². The molecule has 10 rings (SSSR count). The minimum absolute atomic E-state index is 0.00899. The zero-order valence-electron chi connectivity index (χ0n) is 87.4. The molecule has 0 aromatic heterocycles. The lowest BCUT2D eigenvalue weighted by Gasteiger charge is -2.32. The van der Waals surface area contributed by atoms with Crippen molar-refractivity contribution in [3.63, 3.8) is 0 Å². The van der Waals surface area contributed by atoms with E-state index in [-0.39, 0.29) is 92.7 Å². The van der Waals surface area contributed by atoms with Crippen LogP contribution in [0.1, 0.15) is 214 Å². The number of aliphatic hydroxyl groups excluding tert-OH is 3. The van der Waals surface area contributed by atoms with Gasteiger partial charge in [-0.3, -0.25) is 19.3 Å². The predicted octanol–water partition coefficient (Wildman–Crippen LogP) is 13.8. The Morgan fingerprint density at radius 2 is 0.700 bits per heavy atom. The highest BCUT2D eigenvalue weighted by atomic mass is 32.2. The van der Waals surface area contributed by atoms with Gasteiger partial charge in [0.2, 0.25) is 17.7 Å². The van der Waals surface area contributed by atoms with E-state index in [1.54, 1.807) is 23.9 Å². The Kier molecular flexibility index (Phi) is 51.8. The van der Waals surface area contributed by atoms with Crippen molar-refractivity contribution in [1.29, 1.82) is 0 Å². The topological polar surface area (TPSA) is 454 Å². The molecule has 0 bridgehead atoms. The number of amides is 6. The second kappa shape index (κ2) is 61.9. The van der Waals surface area contributed by atoms with Crippen molar-refractivity contribution in [2.24, 2.45) is 17.2 Å². The van der Waals surface area contributed by atoms with E-state index in [4.69, 9.17) is 31.4 Å². The van der Waals surface area contributed by atoms with E-state index < -0.39 is 217 Å². The van der Waals surface area contributed by atoms with Gasteiger partial charge in [-0.1, -0.05) is 204 Å². The Morgan fingerprint density at radius 1 is 0.400 bits per heavy atom. The number of nitrogens with zero attached hydrogens (tertiary/aromatic N) is 4. The Hall–Kier alpha value is -9.79. The van der Waals surface area contributed by atoms with Crippen molar-refractivity contribution < 1.29 is 118 Å². The van der Waals surface area contributed by atoms with Crippen LogP contribution in [0.3, 0.4) is 0 Å². The molecule has 3 aliphatic rings. The molecule has 0 aliphatic carbocycles. The van der Waals surface area contributed by atoms with Crippen molar-refractivity contribution in [1.82, 2.24) is 35.6 Å². The maximum Gasteiger partial charge on any atom is 0.408 e. The quantitative estimate of drug-likeness (QED) is 0.0126. The Morgan fingerprint density at radius 3 is 0.987 bits per heavy atom. The van der Waals surface area contributed by atoms with Crippen LogP contribution in [0, 0.1) is 34.9 Å². The Balaban J connectivity index is 0.000000275. The predicted molar refractivity (Wildman–Crippen MR) is 571 cm³/mol. The van der Waals surface area contributed by atoms with Crippen molar-refractivity contribution in [3.05, 3.63) is 248 Å². The van der Waals surface area contributed by atoms with Crippen LogP contribution in [0.4, 0.5) is 40.7 Å². The van der Waals surface area contributed by atoms with Gasteiger partial charge >= 0.3 is 18.3 Å². The highest BCUT2D eigenvalue weighted by Crippen LogP contribution is 2.29. The summed E-state index contributed by atoms with van der Waals surface area (Å²) in [6, 6.07) is 33.3. The number of hydrogen-bond donors (Lipinski definition) is 9. The fourth-order valence-corrected chi connectivity index (χ4v) is 27.9. The molecular formula is C109H154F6N10O20S5. The van der Waals surface area contributed by atoms with Gasteiger partial charge in [-0.2, -0.15) is 11.8 Å². The summed E-state index contributed by atoms with van der Waals surface area (Å²) in [7, 11) is -15.1. The van der Waals surface area contributed by atoms with E-state index in [9.17, 15) is 104 Å². The van der Waals surface area contributed by atoms with Crippen LogP contribution in [0.15, 0.2) is 158 Å². The number of benzene rings is 7. The Labute approximate surface area is 885 Å². The largest absolute Gasteiger partial charge is 0.445 e. The normalized spacial score (nSPS) is 17.1. The third kappa shape index (κ3) is 42.2. The van der Waals surface area contributed by atoms with E-state index in [2.05, 4.69) is 20.9 Å². The van der Waals surface area contributed by atoms with E-state index in [0.29, 0.717) is 133 Å². The second-order valence-electron chi connectivity index (χ2n) is 39.4. The van der Waals surface area contributed by atoms with Crippen LogP contribution in [-0.2, 0) is 133 Å². The van der Waals surface area contributed by atoms with Crippen LogP contribution in [-0.4, -0.2) is 266 Å². The van der Waals surface area contributed by atoms with Gasteiger partial charge in [-0.25, -0.2) is 74.4 Å². The summed E-state index contributed by atoms with van der Waals surface area (Å²) in [6.45, 7) is 17.9. The van der Waals surface area contributed by atoms with Crippen LogP contribution < -0.4 is 33.2 Å². The first kappa shape index (κ1) is 125. The second-order valence-corrected chi connectivity index (χ2v) is 49.7. The van der Waals surface area contributed by atoms with Crippen molar-refractivity contribution >= 4 is 87.1 Å². The molecule has 832 valence electrons. The van der Waals surface area contributed by atoms with Gasteiger partial charge in [0.05, 0.1) is 62.8 Å². The lowest BCUT2D eigenvalue weighted by molar-refractivity contribution is -0.135. The first-order valence-corrected chi connectivity index (χ1v) is 60.2. The molecule has 0 radical (unpaired) electrons. The summed E-state index contributed by atoms with van der Waals surface area (Å²) in [4.78, 5) is 88.8. The minimum atomic E-state index is -3.96. The molecule has 41 heteroatoms. The molecule has 5 unspecified atom stereocenters. The number of carbonyl (C=O) groups is 6. The fourth-order valence-electron chi connectivity index (χ4n) is 18.8. The van der Waals surface area contributed by atoms with Crippen LogP contribution in [0.2, 0.25) is 0 Å².